The smallest absolute Gasteiger partial charge is 0.317 e. The molecule has 4 heteroatoms. The zero-order valence-corrected chi connectivity index (χ0v) is 13.4. The Bertz CT molecular complexity index is 467. The number of nitrogens with one attached hydrogen (secondary N) is 1. The molecule has 0 saturated carbocycles. The van der Waals surface area contributed by atoms with E-state index in [9.17, 15) is 4.79 Å². The lowest BCUT2D eigenvalue weighted by atomic mass is 10.1. The average molecular weight is 289 g/mol. The van der Waals surface area contributed by atoms with Crippen LogP contribution in [0.1, 0.15) is 31.4 Å². The molecule has 0 bridgehead atoms. The zero-order valence-electron chi connectivity index (χ0n) is 13.4. The normalized spacial score (nSPS) is 17.6. The molecule has 1 aliphatic heterocycles. The van der Waals surface area contributed by atoms with Crippen molar-refractivity contribution in [3.63, 3.8) is 0 Å². The highest BCUT2D eigenvalue weighted by atomic mass is 16.2. The van der Waals surface area contributed by atoms with Gasteiger partial charge < -0.3 is 10.2 Å². The summed E-state index contributed by atoms with van der Waals surface area (Å²) in [5.41, 5.74) is 2.38. The van der Waals surface area contributed by atoms with Crippen molar-refractivity contribution in [2.45, 2.75) is 39.8 Å². The summed E-state index contributed by atoms with van der Waals surface area (Å²) < 4.78 is 0. The Kier molecular flexibility index (Phi) is 5.62. The molecule has 116 valence electrons. The first-order valence-corrected chi connectivity index (χ1v) is 7.92. The van der Waals surface area contributed by atoms with E-state index >= 15 is 0 Å². The summed E-state index contributed by atoms with van der Waals surface area (Å²) in [5, 5.41) is 3.02. The number of hydrogen-bond donors (Lipinski definition) is 1. The fraction of sp³-hybridized carbons (Fsp3) is 0.588. The molecule has 1 fully saturated rings. The number of piperazine rings is 1. The van der Waals surface area contributed by atoms with Crippen LogP contribution in [0.15, 0.2) is 24.3 Å². The van der Waals surface area contributed by atoms with Crippen LogP contribution in [0.25, 0.3) is 0 Å². The first-order chi connectivity index (χ1) is 10.1. The molecule has 4 nitrogen and oxygen atoms in total. The number of aryl methyl sites for hydroxylation is 1. The Labute approximate surface area is 128 Å². The Balaban J connectivity index is 1.77. The predicted octanol–water partition coefficient (Wildman–Crippen LogP) is 2.62. The van der Waals surface area contributed by atoms with Crippen molar-refractivity contribution in [2.24, 2.45) is 0 Å². The highest BCUT2D eigenvalue weighted by Crippen LogP contribution is 2.09. The lowest BCUT2D eigenvalue weighted by Gasteiger charge is -2.37. The van der Waals surface area contributed by atoms with E-state index in [0.29, 0.717) is 12.6 Å². The lowest BCUT2D eigenvalue weighted by Crippen LogP contribution is -2.53. The Morgan fingerprint density at radius 2 is 2.00 bits per heavy atom. The third kappa shape index (κ3) is 4.46. The van der Waals surface area contributed by atoms with E-state index in [1.54, 1.807) is 0 Å². The van der Waals surface area contributed by atoms with E-state index < -0.39 is 0 Å². The lowest BCUT2D eigenvalue weighted by molar-refractivity contribution is 0.112. The Morgan fingerprint density at radius 1 is 1.29 bits per heavy atom. The van der Waals surface area contributed by atoms with Gasteiger partial charge in [-0.25, -0.2) is 4.79 Å². The largest absolute Gasteiger partial charge is 0.334 e. The maximum absolute atomic E-state index is 12.2. The van der Waals surface area contributed by atoms with Crippen molar-refractivity contribution in [1.82, 2.24) is 15.1 Å². The van der Waals surface area contributed by atoms with Gasteiger partial charge in [0.1, 0.15) is 0 Å². The average Bonchev–Trinajstić information content (AvgIpc) is 2.52. The summed E-state index contributed by atoms with van der Waals surface area (Å²) in [5.74, 6) is 0. The molecule has 2 rings (SSSR count). The number of amides is 2. The van der Waals surface area contributed by atoms with Gasteiger partial charge in [0.05, 0.1) is 0 Å². The minimum absolute atomic E-state index is 0.0558. The summed E-state index contributed by atoms with van der Waals surface area (Å²) >= 11 is 0. The fourth-order valence-electron chi connectivity index (χ4n) is 2.74. The molecule has 0 radical (unpaired) electrons. The van der Waals surface area contributed by atoms with Crippen LogP contribution in [0.4, 0.5) is 4.79 Å². The third-order valence-corrected chi connectivity index (χ3v) is 4.34. The Morgan fingerprint density at radius 3 is 2.62 bits per heavy atom. The van der Waals surface area contributed by atoms with Crippen molar-refractivity contribution >= 4 is 6.03 Å². The van der Waals surface area contributed by atoms with Crippen molar-refractivity contribution in [1.29, 1.82) is 0 Å². The van der Waals surface area contributed by atoms with E-state index in [1.807, 2.05) is 17.0 Å². The molecule has 1 aliphatic rings. The molecule has 1 aromatic rings. The minimum atomic E-state index is 0.0558. The number of benzene rings is 1. The predicted molar refractivity (Wildman–Crippen MR) is 86.3 cm³/mol. The molecule has 1 saturated heterocycles. The Hall–Kier alpha value is -1.55. The first kappa shape index (κ1) is 15.8. The van der Waals surface area contributed by atoms with Crippen LogP contribution in [0.3, 0.4) is 0 Å². The van der Waals surface area contributed by atoms with Gasteiger partial charge in [0.2, 0.25) is 0 Å². The number of nitrogens with zero attached hydrogens (tertiary/aromatic N) is 2. The molecule has 1 N–H and O–H groups in total. The third-order valence-electron chi connectivity index (χ3n) is 4.34. The van der Waals surface area contributed by atoms with Gasteiger partial charge in [-0.15, -0.1) is 0 Å². The standard InChI is InChI=1S/C17H27N3O/c1-4-15(3)19-8-10-20(11-9-19)17(21)18-13-16-7-5-6-14(2)12-16/h5-7,12,15H,4,8-11,13H2,1-3H3,(H,18,21). The van der Waals surface area contributed by atoms with E-state index in [4.69, 9.17) is 0 Å². The van der Waals surface area contributed by atoms with E-state index in [1.165, 1.54) is 12.0 Å². The van der Waals surface area contributed by atoms with Gasteiger partial charge in [-0.05, 0) is 25.8 Å². The van der Waals surface area contributed by atoms with Gasteiger partial charge >= 0.3 is 6.03 Å². The zero-order chi connectivity index (χ0) is 15.2. The van der Waals surface area contributed by atoms with Crippen LogP contribution in [-0.4, -0.2) is 48.1 Å². The molecule has 1 atom stereocenters. The van der Waals surface area contributed by atoms with Crippen molar-refractivity contribution < 1.29 is 4.79 Å². The van der Waals surface area contributed by atoms with E-state index in [-0.39, 0.29) is 6.03 Å². The van der Waals surface area contributed by atoms with Gasteiger partial charge in [-0.1, -0.05) is 36.8 Å². The summed E-state index contributed by atoms with van der Waals surface area (Å²) in [4.78, 5) is 16.6. The maximum atomic E-state index is 12.2. The molecule has 0 aromatic heterocycles. The second kappa shape index (κ2) is 7.46. The second-order valence-corrected chi connectivity index (χ2v) is 5.93. The van der Waals surface area contributed by atoms with E-state index in [0.717, 1.165) is 31.7 Å². The second-order valence-electron chi connectivity index (χ2n) is 5.93. The number of hydrogen-bond acceptors (Lipinski definition) is 2. The van der Waals surface area contributed by atoms with Crippen molar-refractivity contribution in [3.8, 4) is 0 Å². The van der Waals surface area contributed by atoms with Crippen LogP contribution in [0, 0.1) is 6.92 Å². The number of rotatable bonds is 4. The van der Waals surface area contributed by atoms with Crippen LogP contribution in [0.2, 0.25) is 0 Å². The summed E-state index contributed by atoms with van der Waals surface area (Å²) in [6, 6.07) is 8.93. The summed E-state index contributed by atoms with van der Waals surface area (Å²) in [7, 11) is 0. The monoisotopic (exact) mass is 289 g/mol. The molecular formula is C17H27N3O. The van der Waals surface area contributed by atoms with Gasteiger partial charge in [-0.3, -0.25) is 4.90 Å². The molecule has 1 heterocycles. The van der Waals surface area contributed by atoms with Gasteiger partial charge in [0, 0.05) is 38.8 Å². The van der Waals surface area contributed by atoms with Crippen molar-refractivity contribution in [3.05, 3.63) is 35.4 Å². The minimum Gasteiger partial charge on any atom is -0.334 e. The van der Waals surface area contributed by atoms with E-state index in [2.05, 4.69) is 43.1 Å². The van der Waals surface area contributed by atoms with Gasteiger partial charge in [-0.2, -0.15) is 0 Å². The number of urea groups is 1. The molecule has 21 heavy (non-hydrogen) atoms. The fourth-order valence-corrected chi connectivity index (χ4v) is 2.74. The molecule has 1 unspecified atom stereocenters. The van der Waals surface area contributed by atoms with Crippen LogP contribution in [-0.2, 0) is 6.54 Å². The SMILES string of the molecule is CCC(C)N1CCN(C(=O)NCc2cccc(C)c2)CC1. The molecule has 0 spiro atoms. The number of carbonyl (C=O) groups excluding carboxylic acids is 1. The quantitative estimate of drug-likeness (QED) is 0.925. The summed E-state index contributed by atoms with van der Waals surface area (Å²) in [6.07, 6.45) is 1.17. The highest BCUT2D eigenvalue weighted by molar-refractivity contribution is 5.74. The van der Waals surface area contributed by atoms with Crippen molar-refractivity contribution in [2.75, 3.05) is 26.2 Å². The molecule has 0 aliphatic carbocycles. The molecule has 1 aromatic carbocycles. The molecule has 2 amide bonds. The number of carbonyl (C=O) groups is 1. The van der Waals surface area contributed by atoms with Gasteiger partial charge in [0.25, 0.3) is 0 Å². The highest BCUT2D eigenvalue weighted by Gasteiger charge is 2.22. The molecular weight excluding hydrogens is 262 g/mol. The maximum Gasteiger partial charge on any atom is 0.317 e. The van der Waals surface area contributed by atoms with Crippen LogP contribution >= 0.6 is 0 Å². The van der Waals surface area contributed by atoms with Crippen LogP contribution in [0.5, 0.6) is 0 Å². The topological polar surface area (TPSA) is 35.6 Å². The van der Waals surface area contributed by atoms with Crippen LogP contribution < -0.4 is 5.32 Å². The van der Waals surface area contributed by atoms with Gasteiger partial charge in [0.15, 0.2) is 0 Å². The summed E-state index contributed by atoms with van der Waals surface area (Å²) in [6.45, 7) is 10.7. The first-order valence-electron chi connectivity index (χ1n) is 7.92.